The van der Waals surface area contributed by atoms with E-state index in [9.17, 15) is 13.2 Å². The van der Waals surface area contributed by atoms with E-state index >= 15 is 0 Å². The second-order valence-corrected chi connectivity index (χ2v) is 9.04. The van der Waals surface area contributed by atoms with Gasteiger partial charge in [0, 0.05) is 6.20 Å². The Hall–Kier alpha value is -2.25. The first kappa shape index (κ1) is 20.5. The highest BCUT2D eigenvalue weighted by atomic mass is 32.2. The number of benzene rings is 1. The van der Waals surface area contributed by atoms with Gasteiger partial charge in [0.25, 0.3) is 0 Å². The fourth-order valence-electron chi connectivity index (χ4n) is 3.60. The summed E-state index contributed by atoms with van der Waals surface area (Å²) in [6.07, 6.45) is 7.74. The number of pyridine rings is 1. The molecule has 3 rings (SSSR count). The van der Waals surface area contributed by atoms with Gasteiger partial charge in [-0.2, -0.15) is 0 Å². The highest BCUT2D eigenvalue weighted by Crippen LogP contribution is 2.32. The SMILES string of the molecule is CC(NC(=O)CNS(=O)(=O)c1ccc(C2CCCCC2)cc1)c1ccccn1. The number of carbonyl (C=O) groups excluding carboxylic acids is 1. The quantitative estimate of drug-likeness (QED) is 0.745. The van der Waals surface area contributed by atoms with Crippen LogP contribution in [0.1, 0.15) is 62.2 Å². The van der Waals surface area contributed by atoms with Crippen molar-refractivity contribution >= 4 is 15.9 Å². The Kier molecular flexibility index (Phi) is 6.80. The summed E-state index contributed by atoms with van der Waals surface area (Å²) in [6.45, 7) is 1.49. The van der Waals surface area contributed by atoms with Gasteiger partial charge in [0.15, 0.2) is 0 Å². The lowest BCUT2D eigenvalue weighted by molar-refractivity contribution is -0.120. The van der Waals surface area contributed by atoms with Crippen LogP contribution >= 0.6 is 0 Å². The van der Waals surface area contributed by atoms with E-state index in [1.807, 2.05) is 24.3 Å². The molecule has 1 aliphatic rings. The van der Waals surface area contributed by atoms with Crippen molar-refractivity contribution in [2.24, 2.45) is 0 Å². The Labute approximate surface area is 166 Å². The summed E-state index contributed by atoms with van der Waals surface area (Å²) >= 11 is 0. The second kappa shape index (κ2) is 9.30. The van der Waals surface area contributed by atoms with Crippen LogP contribution in [0.4, 0.5) is 0 Å². The minimum atomic E-state index is -3.73. The fraction of sp³-hybridized carbons (Fsp3) is 0.429. The molecule has 0 radical (unpaired) electrons. The summed E-state index contributed by atoms with van der Waals surface area (Å²) in [5.74, 6) is 0.123. The van der Waals surface area contributed by atoms with Crippen molar-refractivity contribution in [2.45, 2.75) is 55.9 Å². The number of nitrogens with one attached hydrogen (secondary N) is 2. The molecule has 6 nitrogen and oxygen atoms in total. The minimum absolute atomic E-state index is 0.178. The van der Waals surface area contributed by atoms with Gasteiger partial charge in [-0.1, -0.05) is 37.5 Å². The van der Waals surface area contributed by atoms with Crippen molar-refractivity contribution < 1.29 is 13.2 Å². The van der Waals surface area contributed by atoms with E-state index in [-0.39, 0.29) is 17.5 Å². The van der Waals surface area contributed by atoms with Crippen LogP contribution in [0.2, 0.25) is 0 Å². The van der Waals surface area contributed by atoms with Crippen molar-refractivity contribution in [3.8, 4) is 0 Å². The number of carbonyl (C=O) groups is 1. The molecule has 0 spiro atoms. The largest absolute Gasteiger partial charge is 0.347 e. The van der Waals surface area contributed by atoms with Crippen LogP contribution < -0.4 is 10.0 Å². The van der Waals surface area contributed by atoms with E-state index in [2.05, 4.69) is 15.0 Å². The molecule has 1 saturated carbocycles. The molecule has 150 valence electrons. The van der Waals surface area contributed by atoms with Crippen LogP contribution in [-0.2, 0) is 14.8 Å². The van der Waals surface area contributed by atoms with Crippen LogP contribution in [0.3, 0.4) is 0 Å². The van der Waals surface area contributed by atoms with E-state index < -0.39 is 15.9 Å². The van der Waals surface area contributed by atoms with E-state index in [1.165, 1.54) is 37.7 Å². The van der Waals surface area contributed by atoms with Gasteiger partial charge in [-0.15, -0.1) is 0 Å². The molecular weight excluding hydrogens is 374 g/mol. The Morgan fingerprint density at radius 1 is 1.11 bits per heavy atom. The highest BCUT2D eigenvalue weighted by Gasteiger charge is 2.19. The summed E-state index contributed by atoms with van der Waals surface area (Å²) < 4.78 is 27.3. The molecule has 1 aromatic carbocycles. The molecule has 1 aromatic heterocycles. The van der Waals surface area contributed by atoms with Gasteiger partial charge >= 0.3 is 0 Å². The Bertz CT molecular complexity index is 877. The molecule has 0 bridgehead atoms. The summed E-state index contributed by atoms with van der Waals surface area (Å²) in [4.78, 5) is 16.5. The monoisotopic (exact) mass is 401 g/mol. The van der Waals surface area contributed by atoms with Crippen molar-refractivity contribution in [3.05, 3.63) is 59.9 Å². The maximum absolute atomic E-state index is 12.5. The average molecular weight is 402 g/mol. The average Bonchev–Trinajstić information content (AvgIpc) is 2.74. The molecule has 2 aromatic rings. The minimum Gasteiger partial charge on any atom is -0.347 e. The molecule has 1 amide bonds. The summed E-state index contributed by atoms with van der Waals surface area (Å²) in [5, 5.41) is 2.74. The number of hydrogen-bond donors (Lipinski definition) is 2. The lowest BCUT2D eigenvalue weighted by Gasteiger charge is -2.22. The second-order valence-electron chi connectivity index (χ2n) is 7.27. The number of sulfonamides is 1. The van der Waals surface area contributed by atoms with E-state index in [4.69, 9.17) is 0 Å². The molecule has 1 aliphatic carbocycles. The molecule has 7 heteroatoms. The molecule has 1 heterocycles. The molecule has 0 saturated heterocycles. The van der Waals surface area contributed by atoms with Crippen molar-refractivity contribution in [2.75, 3.05) is 6.54 Å². The number of amides is 1. The maximum Gasteiger partial charge on any atom is 0.241 e. The fourth-order valence-corrected chi connectivity index (χ4v) is 4.58. The lowest BCUT2D eigenvalue weighted by Crippen LogP contribution is -2.38. The van der Waals surface area contributed by atoms with Gasteiger partial charge in [0.05, 0.1) is 23.2 Å². The highest BCUT2D eigenvalue weighted by molar-refractivity contribution is 7.89. The van der Waals surface area contributed by atoms with Gasteiger partial charge in [0.1, 0.15) is 0 Å². The number of rotatable bonds is 7. The zero-order valence-corrected chi connectivity index (χ0v) is 16.9. The van der Waals surface area contributed by atoms with Crippen molar-refractivity contribution in [1.29, 1.82) is 0 Å². The third-order valence-electron chi connectivity index (χ3n) is 5.20. The van der Waals surface area contributed by atoms with Gasteiger partial charge in [-0.3, -0.25) is 9.78 Å². The Morgan fingerprint density at radius 3 is 2.46 bits per heavy atom. The van der Waals surface area contributed by atoms with E-state index in [1.54, 1.807) is 31.3 Å². The lowest BCUT2D eigenvalue weighted by atomic mass is 9.84. The zero-order valence-electron chi connectivity index (χ0n) is 16.1. The van der Waals surface area contributed by atoms with Crippen LogP contribution in [0.25, 0.3) is 0 Å². The molecule has 1 atom stereocenters. The predicted molar refractivity (Wildman–Crippen MR) is 108 cm³/mol. The number of nitrogens with zero attached hydrogens (tertiary/aromatic N) is 1. The molecule has 28 heavy (non-hydrogen) atoms. The van der Waals surface area contributed by atoms with Crippen LogP contribution in [-0.4, -0.2) is 25.9 Å². The third kappa shape index (κ3) is 5.39. The predicted octanol–water partition coefficient (Wildman–Crippen LogP) is 3.29. The van der Waals surface area contributed by atoms with E-state index in [0.717, 1.165) is 5.69 Å². The topological polar surface area (TPSA) is 88.2 Å². The zero-order chi connectivity index (χ0) is 20.0. The molecule has 1 unspecified atom stereocenters. The van der Waals surface area contributed by atoms with Gasteiger partial charge in [-0.25, -0.2) is 13.1 Å². The summed E-state index contributed by atoms with van der Waals surface area (Å²) in [7, 11) is -3.73. The number of hydrogen-bond acceptors (Lipinski definition) is 4. The Morgan fingerprint density at radius 2 is 1.82 bits per heavy atom. The van der Waals surface area contributed by atoms with Crippen LogP contribution in [0.5, 0.6) is 0 Å². The maximum atomic E-state index is 12.5. The third-order valence-corrected chi connectivity index (χ3v) is 6.62. The van der Waals surface area contributed by atoms with Crippen molar-refractivity contribution in [3.63, 3.8) is 0 Å². The van der Waals surface area contributed by atoms with Gasteiger partial charge < -0.3 is 5.32 Å². The first-order valence-corrected chi connectivity index (χ1v) is 11.2. The van der Waals surface area contributed by atoms with Gasteiger partial charge in [0.2, 0.25) is 15.9 Å². The Balaban J connectivity index is 1.55. The first-order valence-electron chi connectivity index (χ1n) is 9.75. The van der Waals surface area contributed by atoms with Crippen molar-refractivity contribution in [1.82, 2.24) is 15.0 Å². The van der Waals surface area contributed by atoms with Crippen LogP contribution in [0, 0.1) is 0 Å². The normalized spacial score (nSPS) is 16.5. The van der Waals surface area contributed by atoms with Crippen LogP contribution in [0.15, 0.2) is 53.6 Å². The molecule has 1 fully saturated rings. The molecule has 2 N–H and O–H groups in total. The summed E-state index contributed by atoms with van der Waals surface area (Å²) in [6, 6.07) is 12.2. The van der Waals surface area contributed by atoms with Gasteiger partial charge in [-0.05, 0) is 55.5 Å². The molecule has 0 aliphatic heterocycles. The summed E-state index contributed by atoms with van der Waals surface area (Å²) in [5.41, 5.74) is 1.91. The molecular formula is C21H27N3O3S. The standard InChI is InChI=1S/C21H27N3O3S/c1-16(20-9-5-6-14-22-20)24-21(25)15-23-28(26,27)19-12-10-18(11-13-19)17-7-3-2-4-8-17/h5-6,9-14,16-17,23H,2-4,7-8,15H2,1H3,(H,24,25). The number of aromatic nitrogens is 1. The van der Waals surface area contributed by atoms with E-state index in [0.29, 0.717) is 5.92 Å². The smallest absolute Gasteiger partial charge is 0.241 e. The first-order chi connectivity index (χ1) is 13.5.